The number of nitrogens with zero attached hydrogens (tertiary/aromatic N) is 2. The largest absolute Gasteiger partial charge is 0.496 e. The van der Waals surface area contributed by atoms with Gasteiger partial charge in [0.2, 0.25) is 5.91 Å². The number of benzene rings is 3. The molecule has 0 radical (unpaired) electrons. The Morgan fingerprint density at radius 2 is 1.68 bits per heavy atom. The number of aliphatic hydroxyl groups is 1. The molecule has 8 nitrogen and oxygen atoms in total. The average molecular weight is 545 g/mol. The third kappa shape index (κ3) is 5.98. The van der Waals surface area contributed by atoms with Gasteiger partial charge in [-0.05, 0) is 43.0 Å². The summed E-state index contributed by atoms with van der Waals surface area (Å²) < 4.78 is 5.32. The van der Waals surface area contributed by atoms with Gasteiger partial charge in [0, 0.05) is 45.0 Å². The maximum Gasteiger partial charge on any atom is 0.255 e. The summed E-state index contributed by atoms with van der Waals surface area (Å²) in [7, 11) is 5.08. The highest BCUT2D eigenvalue weighted by atomic mass is 16.5. The number of aliphatic hydroxyl groups excluding tert-OH is 1. The number of nitrogens with two attached hydrogens (primary N) is 1. The van der Waals surface area contributed by atoms with Crippen molar-refractivity contribution in [1.29, 1.82) is 0 Å². The molecule has 1 aliphatic rings. The summed E-state index contributed by atoms with van der Waals surface area (Å²) in [6.45, 7) is 3.15. The van der Waals surface area contributed by atoms with E-state index in [1.807, 2.05) is 60.7 Å². The van der Waals surface area contributed by atoms with Crippen molar-refractivity contribution in [2.45, 2.75) is 43.4 Å². The summed E-state index contributed by atoms with van der Waals surface area (Å²) in [5.74, 6) is 0.0878. The number of hydrogen-bond donors (Lipinski definition) is 3. The van der Waals surface area contributed by atoms with Crippen molar-refractivity contribution in [2.24, 2.45) is 0 Å². The Balaban J connectivity index is 1.54. The van der Waals surface area contributed by atoms with Crippen LogP contribution in [0.1, 0.15) is 41.3 Å². The Labute approximate surface area is 236 Å². The molecule has 1 fully saturated rings. The number of ether oxygens (including phenoxy) is 1. The molecule has 40 heavy (non-hydrogen) atoms. The Kier molecular flexibility index (Phi) is 9.12. The van der Waals surface area contributed by atoms with E-state index in [0.717, 1.165) is 11.1 Å². The van der Waals surface area contributed by atoms with Crippen molar-refractivity contribution in [3.63, 3.8) is 0 Å². The summed E-state index contributed by atoms with van der Waals surface area (Å²) in [6.07, 6.45) is 0.330. The fourth-order valence-electron chi connectivity index (χ4n) is 5.80. The van der Waals surface area contributed by atoms with Gasteiger partial charge in [0.15, 0.2) is 0 Å². The summed E-state index contributed by atoms with van der Waals surface area (Å²) in [5.41, 5.74) is 7.68. The second-order valence-electron chi connectivity index (χ2n) is 10.8. The van der Waals surface area contributed by atoms with Gasteiger partial charge in [-0.2, -0.15) is 0 Å². The van der Waals surface area contributed by atoms with Crippen molar-refractivity contribution in [3.8, 4) is 5.75 Å². The van der Waals surface area contributed by atoms with Crippen molar-refractivity contribution >= 4 is 17.5 Å². The van der Waals surface area contributed by atoms with Gasteiger partial charge in [-0.3, -0.25) is 14.5 Å². The summed E-state index contributed by atoms with van der Waals surface area (Å²) in [6, 6.07) is 24.3. The summed E-state index contributed by atoms with van der Waals surface area (Å²) in [4.78, 5) is 30.9. The van der Waals surface area contributed by atoms with Crippen molar-refractivity contribution < 1.29 is 19.4 Å². The van der Waals surface area contributed by atoms with E-state index in [9.17, 15) is 14.7 Å². The SMILES string of the molecule is COc1cc(N)ccc1C(=O)N[C@@H]1CCN(C(C)CC(C(=O)N(C)C)(c2ccccc2)c2ccccc2)C[C@@H]1O. The molecule has 0 bridgehead atoms. The van der Waals surface area contributed by atoms with Gasteiger partial charge in [-0.15, -0.1) is 0 Å². The molecular weight excluding hydrogens is 504 g/mol. The Hall–Kier alpha value is -3.88. The molecule has 2 amide bonds. The number of likely N-dealkylation sites (N-methyl/N-ethyl adjacent to an activating group) is 1. The number of carbonyl (C=O) groups is 2. The molecule has 1 unspecified atom stereocenters. The van der Waals surface area contributed by atoms with Gasteiger partial charge < -0.3 is 25.8 Å². The first kappa shape index (κ1) is 29.1. The molecule has 3 aromatic rings. The highest BCUT2D eigenvalue weighted by Gasteiger charge is 2.45. The maximum atomic E-state index is 14.0. The number of rotatable bonds is 9. The first-order valence-electron chi connectivity index (χ1n) is 13.7. The quantitative estimate of drug-likeness (QED) is 0.357. The van der Waals surface area contributed by atoms with Crippen LogP contribution in [0.4, 0.5) is 5.69 Å². The van der Waals surface area contributed by atoms with Crippen molar-refractivity contribution in [1.82, 2.24) is 15.1 Å². The molecule has 0 saturated carbocycles. The van der Waals surface area contributed by atoms with Gasteiger partial charge in [0.1, 0.15) is 11.2 Å². The molecule has 1 aliphatic heterocycles. The topological polar surface area (TPSA) is 108 Å². The second kappa shape index (κ2) is 12.5. The Bertz CT molecular complexity index is 1260. The third-order valence-corrected chi connectivity index (χ3v) is 7.93. The number of likely N-dealkylation sites (tertiary alicyclic amines) is 1. The number of piperidine rings is 1. The molecular formula is C32H40N4O4. The van der Waals surface area contributed by atoms with Gasteiger partial charge in [-0.25, -0.2) is 0 Å². The molecule has 1 saturated heterocycles. The maximum absolute atomic E-state index is 14.0. The van der Waals surface area contributed by atoms with E-state index >= 15 is 0 Å². The first-order valence-corrected chi connectivity index (χ1v) is 13.7. The second-order valence-corrected chi connectivity index (χ2v) is 10.8. The number of amides is 2. The van der Waals surface area contributed by atoms with Crippen LogP contribution in [0.5, 0.6) is 5.75 Å². The lowest BCUT2D eigenvalue weighted by Gasteiger charge is -2.44. The number of nitrogen functional groups attached to an aromatic ring is 1. The van der Waals surface area contributed by atoms with Gasteiger partial charge >= 0.3 is 0 Å². The number of nitrogens with one attached hydrogen (secondary N) is 1. The fraction of sp³-hybridized carbons (Fsp3) is 0.375. The van der Waals surface area contributed by atoms with E-state index in [0.29, 0.717) is 42.9 Å². The normalized spacial score (nSPS) is 18.5. The predicted molar refractivity (Wildman–Crippen MR) is 157 cm³/mol. The molecule has 8 heteroatoms. The number of hydrogen-bond acceptors (Lipinski definition) is 6. The molecule has 212 valence electrons. The molecule has 3 atom stereocenters. The highest BCUT2D eigenvalue weighted by molar-refractivity contribution is 5.97. The standard InChI is InChI=1S/C32H40N4O4/c1-22(20-32(31(39)35(2)3,23-11-7-5-8-12-23)24-13-9-6-10-14-24)36-18-17-27(28(37)21-36)34-30(38)26-16-15-25(33)19-29(26)40-4/h5-16,19,22,27-28,37H,17-18,20-21,33H2,1-4H3,(H,34,38)/t22?,27-,28+/m1/s1. The van der Waals surface area contributed by atoms with Crippen LogP contribution in [0.25, 0.3) is 0 Å². The van der Waals surface area contributed by atoms with Crippen LogP contribution in [0, 0.1) is 0 Å². The molecule has 1 heterocycles. The first-order chi connectivity index (χ1) is 19.2. The van der Waals surface area contributed by atoms with Gasteiger partial charge in [-0.1, -0.05) is 60.7 Å². The molecule has 4 N–H and O–H groups in total. The minimum absolute atomic E-state index is 0.0110. The van der Waals surface area contributed by atoms with Crippen LogP contribution in [0.15, 0.2) is 78.9 Å². The minimum Gasteiger partial charge on any atom is -0.496 e. The van der Waals surface area contributed by atoms with E-state index in [4.69, 9.17) is 10.5 Å². The summed E-state index contributed by atoms with van der Waals surface area (Å²) >= 11 is 0. The zero-order chi connectivity index (χ0) is 28.9. The molecule has 4 rings (SSSR count). The van der Waals surface area contributed by atoms with E-state index in [1.54, 1.807) is 37.2 Å². The highest BCUT2D eigenvalue weighted by Crippen LogP contribution is 2.40. The number of carbonyl (C=O) groups excluding carboxylic acids is 2. The summed E-state index contributed by atoms with van der Waals surface area (Å²) in [5, 5.41) is 14.1. The predicted octanol–water partition coefficient (Wildman–Crippen LogP) is 3.30. The van der Waals surface area contributed by atoms with Crippen LogP contribution >= 0.6 is 0 Å². The van der Waals surface area contributed by atoms with Crippen molar-refractivity contribution in [3.05, 3.63) is 95.6 Å². The zero-order valence-corrected chi connectivity index (χ0v) is 23.7. The van der Waals surface area contributed by atoms with Crippen LogP contribution in [0.3, 0.4) is 0 Å². The zero-order valence-electron chi connectivity index (χ0n) is 23.7. The number of anilines is 1. The minimum atomic E-state index is -0.896. The van der Waals surface area contributed by atoms with E-state index in [-0.39, 0.29) is 17.9 Å². The molecule has 3 aromatic carbocycles. The smallest absolute Gasteiger partial charge is 0.255 e. The van der Waals surface area contributed by atoms with Crippen LogP contribution in [-0.4, -0.2) is 79.2 Å². The Morgan fingerprint density at radius 3 is 2.20 bits per heavy atom. The monoisotopic (exact) mass is 544 g/mol. The lowest BCUT2D eigenvalue weighted by atomic mass is 9.69. The van der Waals surface area contributed by atoms with Crippen LogP contribution in [-0.2, 0) is 10.2 Å². The third-order valence-electron chi connectivity index (χ3n) is 7.93. The van der Waals surface area contributed by atoms with Gasteiger partial charge in [0.05, 0.1) is 24.8 Å². The number of methoxy groups -OCH3 is 1. The molecule has 0 aliphatic carbocycles. The average Bonchev–Trinajstić information content (AvgIpc) is 2.97. The Morgan fingerprint density at radius 1 is 1.07 bits per heavy atom. The van der Waals surface area contributed by atoms with E-state index in [2.05, 4.69) is 17.1 Å². The molecule has 0 aromatic heterocycles. The fourth-order valence-corrected chi connectivity index (χ4v) is 5.80. The number of β-amino-alcohol motifs (C(OH)–C–C–N with tert-alkyl or cyclic N) is 1. The van der Waals surface area contributed by atoms with Crippen LogP contribution in [0.2, 0.25) is 0 Å². The van der Waals surface area contributed by atoms with E-state index in [1.165, 1.54) is 7.11 Å². The van der Waals surface area contributed by atoms with Crippen LogP contribution < -0.4 is 15.8 Å². The van der Waals surface area contributed by atoms with Gasteiger partial charge in [0.25, 0.3) is 5.91 Å². The van der Waals surface area contributed by atoms with E-state index < -0.39 is 17.6 Å². The van der Waals surface area contributed by atoms with Crippen molar-refractivity contribution in [2.75, 3.05) is 40.0 Å². The molecule has 0 spiro atoms. The lowest BCUT2D eigenvalue weighted by molar-refractivity contribution is -0.134. The lowest BCUT2D eigenvalue weighted by Crippen LogP contribution is -2.57.